The van der Waals surface area contributed by atoms with Crippen molar-refractivity contribution in [3.63, 3.8) is 0 Å². The van der Waals surface area contributed by atoms with Crippen LogP contribution in [0, 0.1) is 5.92 Å². The lowest BCUT2D eigenvalue weighted by atomic mass is 10.0. The highest BCUT2D eigenvalue weighted by Gasteiger charge is 2.01. The summed E-state index contributed by atoms with van der Waals surface area (Å²) >= 11 is 0. The maximum absolute atomic E-state index is 10.5. The van der Waals surface area contributed by atoms with Crippen LogP contribution in [0.2, 0.25) is 0 Å². The smallest absolute Gasteiger partial charge is 0.282 e. The van der Waals surface area contributed by atoms with Crippen LogP contribution in [0.15, 0.2) is 11.5 Å². The predicted octanol–water partition coefficient (Wildman–Crippen LogP) is 4.55. The second kappa shape index (κ2) is 10.6. The highest BCUT2D eigenvalue weighted by Crippen LogP contribution is 2.14. The van der Waals surface area contributed by atoms with Gasteiger partial charge in [-0.1, -0.05) is 71.3 Å². The Morgan fingerprint density at radius 2 is 1.50 bits per heavy atom. The summed E-state index contributed by atoms with van der Waals surface area (Å²) in [4.78, 5) is 0. The molecule has 0 fully saturated rings. The summed E-state index contributed by atoms with van der Waals surface area (Å²) < 4.78 is 29.6. The van der Waals surface area contributed by atoms with Gasteiger partial charge in [0.1, 0.15) is 0 Å². The molecule has 4 heteroatoms. The van der Waals surface area contributed by atoms with E-state index in [1.807, 2.05) is 6.92 Å². The van der Waals surface area contributed by atoms with Crippen molar-refractivity contribution < 1.29 is 13.0 Å². The first-order valence-electron chi connectivity index (χ1n) is 7.11. The molecule has 0 saturated heterocycles. The van der Waals surface area contributed by atoms with Gasteiger partial charge in [-0.2, -0.15) is 8.42 Å². The standard InChI is InChI=1S/C14H28O3S/c1-3-4-5-6-7-8-9-10-11-14(2)12-13-18(15,16)17/h12-14H,3-11H2,1-2H3,(H,15,16,17)/b13-12+. The van der Waals surface area contributed by atoms with Crippen molar-refractivity contribution in [2.24, 2.45) is 5.92 Å². The quantitative estimate of drug-likeness (QED) is 0.445. The summed E-state index contributed by atoms with van der Waals surface area (Å²) in [6.07, 6.45) is 12.8. The van der Waals surface area contributed by atoms with E-state index in [1.165, 1.54) is 44.9 Å². The molecule has 1 atom stereocenters. The van der Waals surface area contributed by atoms with Crippen LogP contribution in [0.5, 0.6) is 0 Å². The van der Waals surface area contributed by atoms with E-state index in [-0.39, 0.29) is 5.92 Å². The summed E-state index contributed by atoms with van der Waals surface area (Å²) in [5.74, 6) is 0.215. The van der Waals surface area contributed by atoms with E-state index in [0.29, 0.717) is 0 Å². The van der Waals surface area contributed by atoms with E-state index in [0.717, 1.165) is 18.2 Å². The van der Waals surface area contributed by atoms with Gasteiger partial charge >= 0.3 is 0 Å². The molecule has 0 rings (SSSR count). The number of hydrogen-bond acceptors (Lipinski definition) is 2. The van der Waals surface area contributed by atoms with Crippen LogP contribution < -0.4 is 0 Å². The topological polar surface area (TPSA) is 54.4 Å². The number of rotatable bonds is 11. The zero-order chi connectivity index (χ0) is 13.9. The fourth-order valence-electron chi connectivity index (χ4n) is 1.93. The van der Waals surface area contributed by atoms with Crippen molar-refractivity contribution in [1.29, 1.82) is 0 Å². The molecule has 0 aliphatic rings. The van der Waals surface area contributed by atoms with Gasteiger partial charge in [0.05, 0.1) is 5.41 Å². The Morgan fingerprint density at radius 1 is 1.00 bits per heavy atom. The SMILES string of the molecule is CCCCCCCCCCC(C)/C=C/S(=O)(=O)O. The molecule has 0 aliphatic heterocycles. The van der Waals surface area contributed by atoms with E-state index in [9.17, 15) is 8.42 Å². The summed E-state index contributed by atoms with van der Waals surface area (Å²) in [7, 11) is -3.95. The second-order valence-corrected chi connectivity index (χ2v) is 6.39. The van der Waals surface area contributed by atoms with Crippen LogP contribution in [-0.4, -0.2) is 13.0 Å². The first-order chi connectivity index (χ1) is 8.45. The summed E-state index contributed by atoms with van der Waals surface area (Å²) in [5.41, 5.74) is 0. The van der Waals surface area contributed by atoms with Gasteiger partial charge in [-0.15, -0.1) is 0 Å². The Kier molecular flexibility index (Phi) is 10.4. The summed E-state index contributed by atoms with van der Waals surface area (Å²) in [5, 5.41) is 0.891. The molecule has 1 unspecified atom stereocenters. The van der Waals surface area contributed by atoms with Crippen molar-refractivity contribution in [1.82, 2.24) is 0 Å². The largest absolute Gasteiger partial charge is 0.287 e. The monoisotopic (exact) mass is 276 g/mol. The van der Waals surface area contributed by atoms with Gasteiger partial charge in [0.25, 0.3) is 10.1 Å². The van der Waals surface area contributed by atoms with E-state index in [1.54, 1.807) is 6.08 Å². The molecular formula is C14H28O3S. The van der Waals surface area contributed by atoms with Gasteiger partial charge in [0.2, 0.25) is 0 Å². The van der Waals surface area contributed by atoms with Gasteiger partial charge < -0.3 is 0 Å². The van der Waals surface area contributed by atoms with Crippen LogP contribution in [-0.2, 0) is 10.1 Å². The van der Waals surface area contributed by atoms with Crippen LogP contribution in [0.3, 0.4) is 0 Å². The van der Waals surface area contributed by atoms with Crippen molar-refractivity contribution >= 4 is 10.1 Å². The van der Waals surface area contributed by atoms with Crippen LogP contribution >= 0.6 is 0 Å². The third-order valence-corrected chi connectivity index (χ3v) is 3.59. The first kappa shape index (κ1) is 17.6. The zero-order valence-electron chi connectivity index (χ0n) is 11.8. The summed E-state index contributed by atoms with van der Waals surface area (Å²) in [6, 6.07) is 0. The fraction of sp³-hybridized carbons (Fsp3) is 0.857. The molecule has 1 N–H and O–H groups in total. The van der Waals surface area contributed by atoms with Gasteiger partial charge in [0.15, 0.2) is 0 Å². The Hall–Kier alpha value is -0.350. The van der Waals surface area contributed by atoms with E-state index >= 15 is 0 Å². The molecule has 0 spiro atoms. The molecule has 0 bridgehead atoms. The molecule has 0 aromatic carbocycles. The van der Waals surface area contributed by atoms with E-state index in [4.69, 9.17) is 4.55 Å². The maximum atomic E-state index is 10.5. The molecule has 0 heterocycles. The molecule has 18 heavy (non-hydrogen) atoms. The third kappa shape index (κ3) is 13.7. The third-order valence-electron chi connectivity index (χ3n) is 3.09. The molecule has 0 amide bonds. The van der Waals surface area contributed by atoms with E-state index in [2.05, 4.69) is 6.92 Å². The van der Waals surface area contributed by atoms with Crippen LogP contribution in [0.25, 0.3) is 0 Å². The van der Waals surface area contributed by atoms with E-state index < -0.39 is 10.1 Å². The number of hydrogen-bond donors (Lipinski definition) is 1. The highest BCUT2D eigenvalue weighted by atomic mass is 32.2. The van der Waals surface area contributed by atoms with Crippen molar-refractivity contribution in [2.45, 2.75) is 71.6 Å². The Bertz CT molecular complexity index is 307. The summed E-state index contributed by atoms with van der Waals surface area (Å²) in [6.45, 7) is 4.20. The minimum Gasteiger partial charge on any atom is -0.282 e. The minimum atomic E-state index is -3.95. The lowest BCUT2D eigenvalue weighted by molar-refractivity contribution is 0.493. The molecule has 0 aromatic rings. The van der Waals surface area contributed by atoms with Crippen molar-refractivity contribution in [2.75, 3.05) is 0 Å². The zero-order valence-corrected chi connectivity index (χ0v) is 12.6. The number of unbranched alkanes of at least 4 members (excludes halogenated alkanes) is 7. The average Bonchev–Trinajstić information content (AvgIpc) is 2.29. The molecule has 0 radical (unpaired) electrons. The van der Waals surface area contributed by atoms with Gasteiger partial charge in [-0.05, 0) is 12.3 Å². The normalized spacial score (nSPS) is 14.2. The van der Waals surface area contributed by atoms with Crippen LogP contribution in [0.1, 0.15) is 71.6 Å². The first-order valence-corrected chi connectivity index (χ1v) is 8.61. The number of allylic oxidation sites excluding steroid dienone is 1. The van der Waals surface area contributed by atoms with Crippen LogP contribution in [0.4, 0.5) is 0 Å². The van der Waals surface area contributed by atoms with Gasteiger partial charge in [0, 0.05) is 0 Å². The predicted molar refractivity (Wildman–Crippen MR) is 77.1 cm³/mol. The molecule has 0 aliphatic carbocycles. The Morgan fingerprint density at radius 3 is 2.00 bits per heavy atom. The molecule has 0 aromatic heterocycles. The lowest BCUT2D eigenvalue weighted by Gasteiger charge is -2.05. The fourth-order valence-corrected chi connectivity index (χ4v) is 2.40. The van der Waals surface area contributed by atoms with Gasteiger partial charge in [-0.3, -0.25) is 4.55 Å². The second-order valence-electron chi connectivity index (χ2n) is 5.08. The van der Waals surface area contributed by atoms with Gasteiger partial charge in [-0.25, -0.2) is 0 Å². The molecule has 0 saturated carbocycles. The molecule has 3 nitrogen and oxygen atoms in total. The Balaban J connectivity index is 3.41. The van der Waals surface area contributed by atoms with Crippen molar-refractivity contribution in [3.8, 4) is 0 Å². The minimum absolute atomic E-state index is 0.215. The average molecular weight is 276 g/mol. The molecule has 108 valence electrons. The molecular weight excluding hydrogens is 248 g/mol. The maximum Gasteiger partial charge on any atom is 0.287 e. The highest BCUT2D eigenvalue weighted by molar-refractivity contribution is 7.88. The van der Waals surface area contributed by atoms with Crippen molar-refractivity contribution in [3.05, 3.63) is 11.5 Å². The Labute approximate surface area is 112 Å². The lowest BCUT2D eigenvalue weighted by Crippen LogP contribution is -1.94.